The molecular weight excluding hydrogens is 407 g/mol. The number of pyridine rings is 1. The van der Waals surface area contributed by atoms with Gasteiger partial charge in [-0.3, -0.25) is 4.68 Å². The molecule has 1 atom stereocenters. The van der Waals surface area contributed by atoms with Crippen molar-refractivity contribution < 1.29 is 21.6 Å². The summed E-state index contributed by atoms with van der Waals surface area (Å²) in [7, 11) is -2.14. The molecule has 0 spiro atoms. The normalized spacial score (nSPS) is 17.7. The number of imidazole rings is 1. The molecule has 29 heavy (non-hydrogen) atoms. The van der Waals surface area contributed by atoms with Gasteiger partial charge >= 0.3 is 6.18 Å². The van der Waals surface area contributed by atoms with E-state index in [1.165, 1.54) is 11.6 Å². The largest absolute Gasteiger partial charge is 0.392 e. The summed E-state index contributed by atoms with van der Waals surface area (Å²) in [5, 5.41) is 4.39. The van der Waals surface area contributed by atoms with Gasteiger partial charge in [-0.15, -0.1) is 0 Å². The molecule has 0 N–H and O–H groups in total. The number of rotatable bonds is 3. The van der Waals surface area contributed by atoms with Crippen LogP contribution in [0.15, 0.2) is 17.2 Å². The van der Waals surface area contributed by atoms with Crippen molar-refractivity contribution in [2.75, 3.05) is 5.75 Å². The standard InChI is InChI=1S/C18H20F3N5O2S/c1-4-29(27,28)15-13-8-11(18(19,20)21)5-6-26(13)24-14(15)17-23-12-7-10(2)9-22-16(12)25(17)3/h7,9,11H,4-6,8H2,1-3H3. The zero-order chi connectivity index (χ0) is 21.1. The quantitative estimate of drug-likeness (QED) is 0.642. The Morgan fingerprint density at radius 1 is 1.31 bits per heavy atom. The average molecular weight is 427 g/mol. The first kappa shape index (κ1) is 19.9. The number of alkyl halides is 3. The van der Waals surface area contributed by atoms with Crippen molar-refractivity contribution in [3.8, 4) is 11.5 Å². The molecule has 0 amide bonds. The SMILES string of the molecule is CCS(=O)(=O)c1c(-c2nc3cc(C)cnc3n2C)nn2c1CC(C(F)(F)F)CC2. The van der Waals surface area contributed by atoms with Crippen LogP contribution in [0.5, 0.6) is 0 Å². The second-order valence-electron chi connectivity index (χ2n) is 7.33. The molecule has 0 saturated carbocycles. The maximum atomic E-state index is 13.3. The van der Waals surface area contributed by atoms with Crippen molar-refractivity contribution in [2.24, 2.45) is 13.0 Å². The van der Waals surface area contributed by atoms with E-state index in [1.54, 1.807) is 17.8 Å². The fourth-order valence-corrected chi connectivity index (χ4v) is 5.03. The number of aryl methyl sites for hydroxylation is 3. The third kappa shape index (κ3) is 3.21. The molecule has 4 heterocycles. The van der Waals surface area contributed by atoms with Crippen LogP contribution in [-0.4, -0.2) is 44.7 Å². The van der Waals surface area contributed by atoms with E-state index in [2.05, 4.69) is 15.1 Å². The molecule has 3 aromatic heterocycles. The average Bonchev–Trinajstić information content (AvgIpc) is 3.18. The number of hydrogen-bond donors (Lipinski definition) is 0. The van der Waals surface area contributed by atoms with Crippen LogP contribution < -0.4 is 0 Å². The van der Waals surface area contributed by atoms with E-state index in [1.807, 2.05) is 13.0 Å². The Hall–Kier alpha value is -2.43. The van der Waals surface area contributed by atoms with Crippen molar-refractivity contribution in [1.29, 1.82) is 0 Å². The van der Waals surface area contributed by atoms with Gasteiger partial charge < -0.3 is 4.57 Å². The summed E-state index contributed by atoms with van der Waals surface area (Å²) in [6.07, 6.45) is -3.26. The van der Waals surface area contributed by atoms with E-state index in [0.717, 1.165) is 5.56 Å². The Kier molecular flexibility index (Phi) is 4.48. The van der Waals surface area contributed by atoms with Crippen LogP contribution in [0.3, 0.4) is 0 Å². The van der Waals surface area contributed by atoms with E-state index in [4.69, 9.17) is 0 Å². The van der Waals surface area contributed by atoms with Gasteiger partial charge in [0.15, 0.2) is 21.3 Å². The van der Waals surface area contributed by atoms with Crippen LogP contribution in [0.25, 0.3) is 22.7 Å². The monoisotopic (exact) mass is 427 g/mol. The van der Waals surface area contributed by atoms with Crippen molar-refractivity contribution in [1.82, 2.24) is 24.3 Å². The number of fused-ring (bicyclic) bond motifs is 2. The fourth-order valence-electron chi connectivity index (χ4n) is 3.76. The summed E-state index contributed by atoms with van der Waals surface area (Å²) in [5.41, 5.74) is 2.20. The molecule has 1 aliphatic heterocycles. The van der Waals surface area contributed by atoms with E-state index in [-0.39, 0.29) is 40.8 Å². The number of nitrogens with zero attached hydrogens (tertiary/aromatic N) is 5. The summed E-state index contributed by atoms with van der Waals surface area (Å²) in [5.74, 6) is -1.55. The van der Waals surface area contributed by atoms with Crippen LogP contribution in [0.4, 0.5) is 13.2 Å². The van der Waals surface area contributed by atoms with Crippen molar-refractivity contribution in [2.45, 2.75) is 44.3 Å². The highest BCUT2D eigenvalue weighted by atomic mass is 32.2. The molecule has 156 valence electrons. The summed E-state index contributed by atoms with van der Waals surface area (Å²) in [6.45, 7) is 3.33. The lowest BCUT2D eigenvalue weighted by atomic mass is 9.95. The molecule has 1 unspecified atom stereocenters. The zero-order valence-electron chi connectivity index (χ0n) is 16.2. The highest BCUT2D eigenvalue weighted by Gasteiger charge is 2.44. The number of sulfone groups is 1. The fraction of sp³-hybridized carbons (Fsp3) is 0.500. The van der Waals surface area contributed by atoms with E-state index < -0.39 is 28.4 Å². The molecule has 4 rings (SSSR count). The van der Waals surface area contributed by atoms with Crippen LogP contribution in [0.2, 0.25) is 0 Å². The summed E-state index contributed by atoms with van der Waals surface area (Å²) >= 11 is 0. The number of aromatic nitrogens is 5. The summed E-state index contributed by atoms with van der Waals surface area (Å²) in [4.78, 5) is 8.68. The van der Waals surface area contributed by atoms with Crippen LogP contribution in [0.1, 0.15) is 24.6 Å². The molecule has 3 aromatic rings. The van der Waals surface area contributed by atoms with Gasteiger partial charge in [0.1, 0.15) is 16.1 Å². The van der Waals surface area contributed by atoms with Gasteiger partial charge in [-0.2, -0.15) is 18.3 Å². The molecule has 0 saturated heterocycles. The first-order valence-electron chi connectivity index (χ1n) is 9.21. The topological polar surface area (TPSA) is 82.7 Å². The van der Waals surface area contributed by atoms with Gasteiger partial charge in [0.2, 0.25) is 0 Å². The van der Waals surface area contributed by atoms with Gasteiger partial charge in [0.05, 0.1) is 17.4 Å². The number of halogens is 3. The second-order valence-corrected chi connectivity index (χ2v) is 9.55. The Bertz CT molecular complexity index is 1210. The molecule has 11 heteroatoms. The van der Waals surface area contributed by atoms with E-state index >= 15 is 0 Å². The minimum atomic E-state index is -4.39. The second kappa shape index (κ2) is 6.54. The third-order valence-corrected chi connectivity index (χ3v) is 7.16. The Morgan fingerprint density at radius 2 is 2.03 bits per heavy atom. The Morgan fingerprint density at radius 3 is 2.69 bits per heavy atom. The van der Waals surface area contributed by atoms with Gasteiger partial charge in [-0.25, -0.2) is 18.4 Å². The minimum absolute atomic E-state index is 0.00699. The third-order valence-electron chi connectivity index (χ3n) is 5.35. The Balaban J connectivity index is 1.96. The van der Waals surface area contributed by atoms with E-state index in [0.29, 0.717) is 11.2 Å². The molecule has 1 aliphatic rings. The molecule has 0 bridgehead atoms. The Labute approximate surface area is 165 Å². The maximum Gasteiger partial charge on any atom is 0.392 e. The predicted molar refractivity (Wildman–Crippen MR) is 100 cm³/mol. The van der Waals surface area contributed by atoms with Gasteiger partial charge in [-0.05, 0) is 25.0 Å². The van der Waals surface area contributed by atoms with E-state index in [9.17, 15) is 21.6 Å². The van der Waals surface area contributed by atoms with Gasteiger partial charge in [0, 0.05) is 26.2 Å². The van der Waals surface area contributed by atoms with Crippen molar-refractivity contribution in [3.63, 3.8) is 0 Å². The van der Waals surface area contributed by atoms with Crippen molar-refractivity contribution >= 4 is 21.0 Å². The highest BCUT2D eigenvalue weighted by molar-refractivity contribution is 7.91. The molecule has 0 aliphatic carbocycles. The smallest absolute Gasteiger partial charge is 0.310 e. The highest BCUT2D eigenvalue weighted by Crippen LogP contribution is 2.40. The number of hydrogen-bond acceptors (Lipinski definition) is 5. The minimum Gasteiger partial charge on any atom is -0.310 e. The maximum absolute atomic E-state index is 13.3. The van der Waals surface area contributed by atoms with Crippen LogP contribution in [-0.2, 0) is 29.9 Å². The molecule has 7 nitrogen and oxygen atoms in total. The predicted octanol–water partition coefficient (Wildman–Crippen LogP) is 3.06. The van der Waals surface area contributed by atoms with Gasteiger partial charge in [-0.1, -0.05) is 6.92 Å². The lowest BCUT2D eigenvalue weighted by molar-refractivity contribution is -0.179. The van der Waals surface area contributed by atoms with Crippen LogP contribution in [0, 0.1) is 12.8 Å². The molecule has 0 radical (unpaired) electrons. The lowest BCUT2D eigenvalue weighted by Gasteiger charge is -2.25. The lowest BCUT2D eigenvalue weighted by Crippen LogP contribution is -2.32. The van der Waals surface area contributed by atoms with Gasteiger partial charge in [0.25, 0.3) is 0 Å². The van der Waals surface area contributed by atoms with Crippen LogP contribution >= 0.6 is 0 Å². The molecule has 0 aromatic carbocycles. The first-order chi connectivity index (χ1) is 13.5. The summed E-state index contributed by atoms with van der Waals surface area (Å²) in [6, 6.07) is 1.81. The molecule has 0 fully saturated rings. The first-order valence-corrected chi connectivity index (χ1v) is 10.9. The van der Waals surface area contributed by atoms with Crippen molar-refractivity contribution in [3.05, 3.63) is 23.5 Å². The zero-order valence-corrected chi connectivity index (χ0v) is 17.0. The summed E-state index contributed by atoms with van der Waals surface area (Å²) < 4.78 is 68.7. The molecular formula is C18H20F3N5O2S.